The van der Waals surface area contributed by atoms with E-state index in [1.165, 1.54) is 36.0 Å². The number of carbonyl (C=O) groups is 1. The van der Waals surface area contributed by atoms with E-state index in [0.29, 0.717) is 10.3 Å². The average Bonchev–Trinajstić information content (AvgIpc) is 3.25. The van der Waals surface area contributed by atoms with Crippen molar-refractivity contribution in [2.45, 2.75) is 15.1 Å². The molecular weight excluding hydrogens is 370 g/mol. The zero-order valence-corrected chi connectivity index (χ0v) is 14.7. The van der Waals surface area contributed by atoms with Crippen LogP contribution in [0.5, 0.6) is 0 Å². The van der Waals surface area contributed by atoms with E-state index in [0.717, 1.165) is 11.5 Å². The van der Waals surface area contributed by atoms with Crippen LogP contribution in [0.25, 0.3) is 0 Å². The number of benzene rings is 1. The SMILES string of the molecule is CSc1nsc(NC(=O)c2ccc(S(=O)(=O)c3ccccc3)o2)n1. The molecular formula is C14H11N3O4S3. The summed E-state index contributed by atoms with van der Waals surface area (Å²) in [5, 5.41) is 3.09. The van der Waals surface area contributed by atoms with Gasteiger partial charge in [0.25, 0.3) is 5.91 Å². The molecule has 0 aliphatic carbocycles. The molecule has 0 aliphatic heterocycles. The lowest BCUT2D eigenvalue weighted by atomic mass is 10.4. The first-order chi connectivity index (χ1) is 11.5. The number of rotatable bonds is 5. The molecule has 3 rings (SSSR count). The lowest BCUT2D eigenvalue weighted by Crippen LogP contribution is -2.10. The molecule has 0 spiro atoms. The Labute approximate surface area is 146 Å². The normalized spacial score (nSPS) is 11.4. The number of hydrogen-bond donors (Lipinski definition) is 1. The predicted octanol–water partition coefficient (Wildman–Crippen LogP) is 2.94. The summed E-state index contributed by atoms with van der Waals surface area (Å²) in [6, 6.07) is 10.4. The number of thioether (sulfide) groups is 1. The molecule has 10 heteroatoms. The van der Waals surface area contributed by atoms with Crippen molar-refractivity contribution < 1.29 is 17.6 Å². The average molecular weight is 381 g/mol. The molecule has 24 heavy (non-hydrogen) atoms. The number of nitrogens with zero attached hydrogens (tertiary/aromatic N) is 2. The summed E-state index contributed by atoms with van der Waals surface area (Å²) in [5.41, 5.74) is 0. The largest absolute Gasteiger partial charge is 0.439 e. The molecule has 0 atom stereocenters. The Hall–Kier alpha value is -2.17. The molecule has 3 aromatic rings. The van der Waals surface area contributed by atoms with Crippen molar-refractivity contribution in [2.24, 2.45) is 0 Å². The third-order valence-electron chi connectivity index (χ3n) is 2.93. The molecule has 1 amide bonds. The van der Waals surface area contributed by atoms with Crippen LogP contribution >= 0.6 is 23.3 Å². The van der Waals surface area contributed by atoms with Gasteiger partial charge in [-0.1, -0.05) is 30.0 Å². The van der Waals surface area contributed by atoms with Gasteiger partial charge in [0.2, 0.25) is 25.2 Å². The number of hydrogen-bond acceptors (Lipinski definition) is 8. The van der Waals surface area contributed by atoms with Gasteiger partial charge < -0.3 is 4.42 Å². The quantitative estimate of drug-likeness (QED) is 0.678. The van der Waals surface area contributed by atoms with Crippen molar-refractivity contribution in [2.75, 3.05) is 11.6 Å². The van der Waals surface area contributed by atoms with Gasteiger partial charge in [0.15, 0.2) is 5.76 Å². The third-order valence-corrected chi connectivity index (χ3v) is 5.87. The number of carbonyl (C=O) groups excluding carboxylic acids is 1. The first-order valence-corrected chi connectivity index (χ1v) is 10.1. The number of anilines is 1. The Balaban J connectivity index is 1.81. The maximum absolute atomic E-state index is 12.4. The maximum atomic E-state index is 12.4. The first-order valence-electron chi connectivity index (χ1n) is 6.60. The summed E-state index contributed by atoms with van der Waals surface area (Å²) in [7, 11) is -3.80. The molecule has 0 bridgehead atoms. The molecule has 7 nitrogen and oxygen atoms in total. The molecule has 2 heterocycles. The van der Waals surface area contributed by atoms with E-state index >= 15 is 0 Å². The summed E-state index contributed by atoms with van der Waals surface area (Å²) >= 11 is 2.38. The molecule has 0 unspecified atom stereocenters. The van der Waals surface area contributed by atoms with Gasteiger partial charge in [-0.2, -0.15) is 9.36 Å². The Morgan fingerprint density at radius 3 is 2.62 bits per heavy atom. The minimum atomic E-state index is -3.80. The van der Waals surface area contributed by atoms with Gasteiger partial charge in [-0.3, -0.25) is 10.1 Å². The van der Waals surface area contributed by atoms with Crippen molar-refractivity contribution >= 4 is 44.2 Å². The fraction of sp³-hybridized carbons (Fsp3) is 0.0714. The number of aromatic nitrogens is 2. The van der Waals surface area contributed by atoms with Crippen molar-refractivity contribution in [3.63, 3.8) is 0 Å². The zero-order chi connectivity index (χ0) is 17.2. The highest BCUT2D eigenvalue weighted by Crippen LogP contribution is 2.24. The summed E-state index contributed by atoms with van der Waals surface area (Å²) in [5.74, 6) is -0.710. The van der Waals surface area contributed by atoms with Crippen molar-refractivity contribution in [1.29, 1.82) is 0 Å². The molecule has 0 fully saturated rings. The van der Waals surface area contributed by atoms with E-state index in [-0.39, 0.29) is 15.7 Å². The topological polar surface area (TPSA) is 102 Å². The van der Waals surface area contributed by atoms with Crippen LogP contribution in [0.4, 0.5) is 5.13 Å². The molecule has 0 aliphatic rings. The number of sulfone groups is 1. The maximum Gasteiger partial charge on any atom is 0.293 e. The number of amides is 1. The van der Waals surface area contributed by atoms with Crippen LogP contribution in [0.3, 0.4) is 0 Å². The van der Waals surface area contributed by atoms with Gasteiger partial charge >= 0.3 is 0 Å². The van der Waals surface area contributed by atoms with Crippen LogP contribution in [0, 0.1) is 0 Å². The highest BCUT2D eigenvalue weighted by molar-refractivity contribution is 7.98. The van der Waals surface area contributed by atoms with Crippen molar-refractivity contribution in [1.82, 2.24) is 9.36 Å². The van der Waals surface area contributed by atoms with E-state index in [2.05, 4.69) is 14.7 Å². The van der Waals surface area contributed by atoms with Crippen LogP contribution in [-0.2, 0) is 9.84 Å². The summed E-state index contributed by atoms with van der Waals surface area (Å²) in [6.45, 7) is 0. The van der Waals surface area contributed by atoms with Crippen molar-refractivity contribution in [3.8, 4) is 0 Å². The second kappa shape index (κ2) is 6.75. The van der Waals surface area contributed by atoms with Crippen LogP contribution in [0.15, 0.2) is 62.0 Å². The van der Waals surface area contributed by atoms with Gasteiger partial charge in [-0.05, 0) is 30.5 Å². The van der Waals surface area contributed by atoms with Crippen LogP contribution in [0.2, 0.25) is 0 Å². The summed E-state index contributed by atoms with van der Waals surface area (Å²) in [4.78, 5) is 16.3. The Bertz CT molecular complexity index is 964. The van der Waals surface area contributed by atoms with Gasteiger partial charge in [0, 0.05) is 11.5 Å². The summed E-state index contributed by atoms with van der Waals surface area (Å²) < 4.78 is 34.1. The van der Waals surface area contributed by atoms with E-state index in [4.69, 9.17) is 4.42 Å². The lowest BCUT2D eigenvalue weighted by Gasteiger charge is -2.00. The number of nitrogens with one attached hydrogen (secondary N) is 1. The van der Waals surface area contributed by atoms with E-state index < -0.39 is 15.7 Å². The monoisotopic (exact) mass is 381 g/mol. The van der Waals surface area contributed by atoms with Crippen LogP contribution < -0.4 is 5.32 Å². The second-order valence-corrected chi connectivity index (χ2v) is 7.88. The Kier molecular flexibility index (Phi) is 4.69. The smallest absolute Gasteiger partial charge is 0.293 e. The minimum Gasteiger partial charge on any atom is -0.439 e. The van der Waals surface area contributed by atoms with Crippen molar-refractivity contribution in [3.05, 3.63) is 48.2 Å². The lowest BCUT2D eigenvalue weighted by molar-refractivity contribution is 0.0991. The number of furan rings is 1. The Morgan fingerprint density at radius 1 is 1.21 bits per heavy atom. The van der Waals surface area contributed by atoms with E-state index in [1.54, 1.807) is 18.2 Å². The predicted molar refractivity (Wildman–Crippen MR) is 90.2 cm³/mol. The van der Waals surface area contributed by atoms with E-state index in [9.17, 15) is 13.2 Å². The van der Waals surface area contributed by atoms with Gasteiger partial charge in [0.05, 0.1) is 4.90 Å². The van der Waals surface area contributed by atoms with Crippen LogP contribution in [0.1, 0.15) is 10.6 Å². The molecule has 0 radical (unpaired) electrons. The fourth-order valence-electron chi connectivity index (χ4n) is 1.80. The first kappa shape index (κ1) is 16.7. The highest BCUT2D eigenvalue weighted by Gasteiger charge is 2.23. The summed E-state index contributed by atoms with van der Waals surface area (Å²) in [6.07, 6.45) is 1.82. The highest BCUT2D eigenvalue weighted by atomic mass is 32.2. The van der Waals surface area contributed by atoms with Gasteiger partial charge in [-0.15, -0.1) is 0 Å². The van der Waals surface area contributed by atoms with Crippen LogP contribution in [-0.4, -0.2) is 29.9 Å². The molecule has 0 saturated heterocycles. The minimum absolute atomic E-state index is 0.0973. The zero-order valence-electron chi connectivity index (χ0n) is 12.3. The standard InChI is InChI=1S/C14H11N3O4S3/c1-22-14-16-13(23-17-14)15-12(18)10-7-8-11(21-10)24(19,20)9-5-3-2-4-6-9/h2-8H,1H3,(H,15,16,17,18). The molecule has 0 saturated carbocycles. The molecule has 124 valence electrons. The molecule has 1 aromatic carbocycles. The second-order valence-electron chi connectivity index (χ2n) is 4.48. The fourth-order valence-corrected chi connectivity index (χ4v) is 4.12. The molecule has 1 N–H and O–H groups in total. The Morgan fingerprint density at radius 2 is 1.96 bits per heavy atom. The third kappa shape index (κ3) is 3.35. The van der Waals surface area contributed by atoms with Gasteiger partial charge in [0.1, 0.15) is 0 Å². The van der Waals surface area contributed by atoms with E-state index in [1.807, 2.05) is 6.26 Å². The molecule has 2 aromatic heterocycles. The van der Waals surface area contributed by atoms with Gasteiger partial charge in [-0.25, -0.2) is 8.42 Å².